The number of nitrogens with one attached hydrogen (secondary N) is 3. The largest absolute Gasteiger partial charge is 0.512 e. The third kappa shape index (κ3) is 5.93. The van der Waals surface area contributed by atoms with Gasteiger partial charge in [-0.2, -0.15) is 11.8 Å². The zero-order valence-electron chi connectivity index (χ0n) is 17.5. The summed E-state index contributed by atoms with van der Waals surface area (Å²) in [5, 5.41) is 17.5. The number of aromatic nitrogens is 1. The summed E-state index contributed by atoms with van der Waals surface area (Å²) >= 11 is 1.85. The first-order valence-electron chi connectivity index (χ1n) is 9.88. The van der Waals surface area contributed by atoms with Crippen molar-refractivity contribution >= 4 is 23.3 Å². The lowest BCUT2D eigenvalue weighted by Gasteiger charge is -2.29. The normalized spacial score (nSPS) is 18.9. The Labute approximate surface area is 172 Å². The number of allylic oxidation sites excluding steroid dienone is 1. The van der Waals surface area contributed by atoms with Gasteiger partial charge in [-0.25, -0.2) is 4.99 Å². The molecule has 2 atom stereocenters. The molecule has 2 rings (SSSR count). The van der Waals surface area contributed by atoms with E-state index in [-0.39, 0.29) is 11.6 Å². The number of hydrogen-bond donors (Lipinski definition) is 5. The molecule has 0 radical (unpaired) electrons. The molecule has 0 bridgehead atoms. The minimum atomic E-state index is -0.314. The van der Waals surface area contributed by atoms with E-state index in [4.69, 9.17) is 10.5 Å². The number of ether oxygens (including phenoxy) is 1. The quantitative estimate of drug-likeness (QED) is 0.268. The lowest BCUT2D eigenvalue weighted by molar-refractivity contribution is 0.200. The average molecular weight is 410 g/mol. The van der Waals surface area contributed by atoms with Crippen LogP contribution in [0.3, 0.4) is 0 Å². The van der Waals surface area contributed by atoms with Crippen LogP contribution in [0.4, 0.5) is 5.69 Å². The van der Waals surface area contributed by atoms with E-state index in [0.29, 0.717) is 24.7 Å². The molecule has 158 valence electrons. The van der Waals surface area contributed by atoms with Gasteiger partial charge in [0, 0.05) is 49.7 Å². The highest BCUT2D eigenvalue weighted by molar-refractivity contribution is 7.99. The summed E-state index contributed by atoms with van der Waals surface area (Å²) in [5.41, 5.74) is 8.68. The molecule has 0 amide bonds. The highest BCUT2D eigenvalue weighted by atomic mass is 32.2. The third-order valence-electron chi connectivity index (χ3n) is 4.81. The maximum Gasteiger partial charge on any atom is 0.146 e. The molecule has 1 aromatic heterocycles. The summed E-state index contributed by atoms with van der Waals surface area (Å²) in [6.45, 7) is 8.28. The van der Waals surface area contributed by atoms with Crippen molar-refractivity contribution in [3.8, 4) is 0 Å². The number of aliphatic imine (C=N–C) groups is 1. The van der Waals surface area contributed by atoms with E-state index in [2.05, 4.69) is 27.5 Å². The molecular formula is C20H35N5O2S. The smallest absolute Gasteiger partial charge is 0.146 e. The number of hydrogen-bond acceptors (Lipinski definition) is 7. The van der Waals surface area contributed by atoms with E-state index in [1.54, 1.807) is 7.11 Å². The summed E-state index contributed by atoms with van der Waals surface area (Å²) in [4.78, 5) is 7.54. The molecule has 1 aliphatic rings. The Kier molecular flexibility index (Phi) is 8.72. The number of nitrogens with zero attached hydrogens (tertiary/aromatic N) is 1. The molecule has 2 unspecified atom stereocenters. The van der Waals surface area contributed by atoms with E-state index in [0.717, 1.165) is 47.9 Å². The van der Waals surface area contributed by atoms with Gasteiger partial charge in [0.1, 0.15) is 17.7 Å². The topological polar surface area (TPSA) is 108 Å². The zero-order valence-corrected chi connectivity index (χ0v) is 18.3. The van der Waals surface area contributed by atoms with Gasteiger partial charge < -0.3 is 31.2 Å². The van der Waals surface area contributed by atoms with Gasteiger partial charge in [-0.15, -0.1) is 0 Å². The van der Waals surface area contributed by atoms with E-state index in [9.17, 15) is 5.11 Å². The van der Waals surface area contributed by atoms with Gasteiger partial charge in [-0.3, -0.25) is 0 Å². The monoisotopic (exact) mass is 409 g/mol. The molecule has 0 aliphatic carbocycles. The number of H-pyrrole nitrogens is 1. The van der Waals surface area contributed by atoms with Gasteiger partial charge in [0.2, 0.25) is 0 Å². The average Bonchev–Trinajstić information content (AvgIpc) is 3.05. The first-order chi connectivity index (χ1) is 13.4. The molecule has 0 saturated heterocycles. The number of anilines is 1. The number of aromatic amines is 1. The number of amidine groups is 1. The molecule has 0 spiro atoms. The first kappa shape index (κ1) is 22.6. The van der Waals surface area contributed by atoms with E-state index < -0.39 is 0 Å². The summed E-state index contributed by atoms with van der Waals surface area (Å²) < 4.78 is 5.11. The molecule has 8 heteroatoms. The predicted molar refractivity (Wildman–Crippen MR) is 119 cm³/mol. The number of methoxy groups -OCH3 is 1. The molecule has 1 aromatic rings. The fourth-order valence-electron chi connectivity index (χ4n) is 3.22. The van der Waals surface area contributed by atoms with Crippen LogP contribution < -0.4 is 16.4 Å². The van der Waals surface area contributed by atoms with Crippen LogP contribution in [0.15, 0.2) is 23.0 Å². The number of rotatable bonds is 12. The predicted octanol–water partition coefficient (Wildman–Crippen LogP) is 3.21. The van der Waals surface area contributed by atoms with E-state index in [1.807, 2.05) is 37.9 Å². The van der Waals surface area contributed by atoms with Crippen LogP contribution in [0, 0.1) is 5.41 Å². The first-order valence-corrected chi connectivity index (χ1v) is 11.0. The Bertz CT molecular complexity index is 688. The van der Waals surface area contributed by atoms with Gasteiger partial charge in [0.25, 0.3) is 0 Å². The van der Waals surface area contributed by atoms with Crippen molar-refractivity contribution in [2.75, 3.05) is 37.1 Å². The standard InChI is InChI=1S/C20H35N5O2S/c1-5-7-16(26)20(3,13-28-9-6-8-27-4)12-22-10-15-11-23-18-17(15)24-14(2)25-19(18)21/h7,11,14,22-24,26H,5-6,8-10,12-13H2,1-4H3,(H2,21,25)/b16-7+. The van der Waals surface area contributed by atoms with Crippen LogP contribution in [-0.2, 0) is 11.3 Å². The van der Waals surface area contributed by atoms with Crippen molar-refractivity contribution in [1.82, 2.24) is 10.3 Å². The number of aliphatic hydroxyl groups is 1. The maximum atomic E-state index is 10.6. The second-order valence-corrected chi connectivity index (χ2v) is 8.56. The minimum Gasteiger partial charge on any atom is -0.512 e. The van der Waals surface area contributed by atoms with Crippen LogP contribution >= 0.6 is 11.8 Å². The van der Waals surface area contributed by atoms with Gasteiger partial charge in [0.15, 0.2) is 0 Å². The highest BCUT2D eigenvalue weighted by Gasteiger charge is 2.29. The van der Waals surface area contributed by atoms with E-state index in [1.165, 1.54) is 0 Å². The second-order valence-electron chi connectivity index (χ2n) is 7.46. The Balaban J connectivity index is 1.96. The fourth-order valence-corrected chi connectivity index (χ4v) is 4.38. The van der Waals surface area contributed by atoms with Crippen molar-refractivity contribution in [2.24, 2.45) is 16.1 Å². The Hall–Kier alpha value is -1.64. The maximum absolute atomic E-state index is 10.6. The molecule has 0 saturated carbocycles. The Morgan fingerprint density at radius 1 is 1.54 bits per heavy atom. The van der Waals surface area contributed by atoms with Crippen LogP contribution in [0.1, 0.15) is 44.9 Å². The summed E-state index contributed by atoms with van der Waals surface area (Å²) in [6.07, 6.45) is 5.68. The van der Waals surface area contributed by atoms with Crippen LogP contribution in [-0.4, -0.2) is 53.9 Å². The van der Waals surface area contributed by atoms with Crippen LogP contribution in [0.2, 0.25) is 0 Å². The Morgan fingerprint density at radius 3 is 3.04 bits per heavy atom. The van der Waals surface area contributed by atoms with Gasteiger partial charge >= 0.3 is 0 Å². The molecule has 2 heterocycles. The summed E-state index contributed by atoms with van der Waals surface area (Å²) in [7, 11) is 1.73. The molecule has 0 aromatic carbocycles. The summed E-state index contributed by atoms with van der Waals surface area (Å²) in [5.74, 6) is 2.87. The van der Waals surface area contributed by atoms with E-state index >= 15 is 0 Å². The van der Waals surface area contributed by atoms with Crippen molar-refractivity contribution in [2.45, 2.75) is 46.3 Å². The van der Waals surface area contributed by atoms with Crippen molar-refractivity contribution in [3.63, 3.8) is 0 Å². The Morgan fingerprint density at radius 2 is 2.32 bits per heavy atom. The minimum absolute atomic E-state index is 0.0349. The number of fused-ring (bicyclic) bond motifs is 1. The fraction of sp³-hybridized carbons (Fsp3) is 0.650. The zero-order chi connectivity index (χ0) is 20.6. The number of nitrogens with two attached hydrogens (primary N) is 1. The van der Waals surface area contributed by atoms with Gasteiger partial charge in [-0.05, 0) is 31.6 Å². The highest BCUT2D eigenvalue weighted by Crippen LogP contribution is 2.30. The lowest BCUT2D eigenvalue weighted by atomic mass is 9.89. The number of aliphatic hydroxyl groups excluding tert-OH is 1. The molecule has 7 nitrogen and oxygen atoms in total. The van der Waals surface area contributed by atoms with Gasteiger partial charge in [0.05, 0.1) is 11.4 Å². The third-order valence-corrected chi connectivity index (χ3v) is 6.23. The second kappa shape index (κ2) is 10.8. The number of thioether (sulfide) groups is 1. The van der Waals surface area contributed by atoms with Crippen LogP contribution in [0.25, 0.3) is 0 Å². The van der Waals surface area contributed by atoms with Crippen molar-refractivity contribution in [1.29, 1.82) is 0 Å². The molecular weight excluding hydrogens is 374 g/mol. The molecule has 0 fully saturated rings. The molecule has 6 N–H and O–H groups in total. The SMILES string of the molecule is CC/C=C(/O)C(C)(CNCc1c[nH]c2c1NC(C)N=C2N)CSCCCOC. The lowest BCUT2D eigenvalue weighted by Crippen LogP contribution is -2.36. The van der Waals surface area contributed by atoms with Gasteiger partial charge in [-0.1, -0.05) is 13.8 Å². The van der Waals surface area contributed by atoms with Crippen molar-refractivity contribution < 1.29 is 9.84 Å². The molecule has 28 heavy (non-hydrogen) atoms. The molecule has 1 aliphatic heterocycles. The van der Waals surface area contributed by atoms with Crippen molar-refractivity contribution in [3.05, 3.63) is 29.3 Å². The summed E-state index contributed by atoms with van der Waals surface area (Å²) in [6, 6.07) is 0. The van der Waals surface area contributed by atoms with Crippen LogP contribution in [0.5, 0.6) is 0 Å².